The van der Waals surface area contributed by atoms with Crippen LogP contribution in [0.2, 0.25) is 5.02 Å². The van der Waals surface area contributed by atoms with E-state index in [1.165, 1.54) is 5.69 Å². The zero-order chi connectivity index (χ0) is 25.5. The largest absolute Gasteiger partial charge is 0.371 e. The predicted octanol–water partition coefficient (Wildman–Crippen LogP) is 3.84. The summed E-state index contributed by atoms with van der Waals surface area (Å²) in [4.78, 5) is 25.5. The van der Waals surface area contributed by atoms with Gasteiger partial charge in [0, 0.05) is 49.3 Å². The van der Waals surface area contributed by atoms with Gasteiger partial charge in [0.2, 0.25) is 0 Å². The van der Waals surface area contributed by atoms with Crippen LogP contribution in [0.3, 0.4) is 0 Å². The summed E-state index contributed by atoms with van der Waals surface area (Å²) in [6.45, 7) is 6.59. The van der Waals surface area contributed by atoms with Crippen LogP contribution >= 0.6 is 11.6 Å². The van der Waals surface area contributed by atoms with Crippen LogP contribution in [0.4, 0.5) is 5.69 Å². The maximum Gasteiger partial charge on any atom is 0.316 e. The lowest BCUT2D eigenvalue weighted by Gasteiger charge is -2.38. The molecule has 0 saturated carbocycles. The standard InChI is InChI=1S/C25H28ClN5O4S/c1-17-14-21(18(2)13-20(17)26)36(33,34)15-22-28-23(35-29-22)24(32)30-10-5-25(6-11-30)7-12-31(16-25)19-3-8-27-9-4-19/h3-4,8-9,13-14H,5-7,10-12,15-16H2,1-2H3. The number of rotatable bonds is 5. The molecule has 190 valence electrons. The molecule has 1 spiro atoms. The fourth-order valence-electron chi connectivity index (χ4n) is 5.17. The van der Waals surface area contributed by atoms with Gasteiger partial charge in [-0.15, -0.1) is 0 Å². The Balaban J connectivity index is 1.22. The van der Waals surface area contributed by atoms with Gasteiger partial charge in [-0.3, -0.25) is 9.78 Å². The monoisotopic (exact) mass is 529 g/mol. The van der Waals surface area contributed by atoms with Crippen molar-refractivity contribution in [3.05, 3.63) is 64.5 Å². The van der Waals surface area contributed by atoms with Crippen molar-refractivity contribution in [3.63, 3.8) is 0 Å². The highest BCUT2D eigenvalue weighted by Gasteiger charge is 2.42. The van der Waals surface area contributed by atoms with Gasteiger partial charge >= 0.3 is 11.8 Å². The summed E-state index contributed by atoms with van der Waals surface area (Å²) in [6.07, 6.45) is 6.49. The normalized spacial score (nSPS) is 17.6. The Morgan fingerprint density at radius 3 is 2.50 bits per heavy atom. The second-order valence-electron chi connectivity index (χ2n) is 9.81. The Kier molecular flexibility index (Phi) is 6.50. The number of amides is 1. The zero-order valence-electron chi connectivity index (χ0n) is 20.3. The van der Waals surface area contributed by atoms with E-state index in [-0.39, 0.29) is 27.9 Å². The first kappa shape index (κ1) is 24.7. The highest BCUT2D eigenvalue weighted by molar-refractivity contribution is 7.90. The summed E-state index contributed by atoms with van der Waals surface area (Å²) in [5, 5.41) is 4.28. The smallest absolute Gasteiger partial charge is 0.316 e. The summed E-state index contributed by atoms with van der Waals surface area (Å²) in [7, 11) is -3.74. The Morgan fingerprint density at radius 1 is 1.08 bits per heavy atom. The van der Waals surface area contributed by atoms with Gasteiger partial charge in [0.25, 0.3) is 0 Å². The Morgan fingerprint density at radius 2 is 1.78 bits per heavy atom. The Labute approximate surface area is 215 Å². The number of hydrogen-bond acceptors (Lipinski definition) is 8. The van der Waals surface area contributed by atoms with Crippen LogP contribution in [0.25, 0.3) is 0 Å². The van der Waals surface area contributed by atoms with Crippen molar-refractivity contribution >= 4 is 33.0 Å². The van der Waals surface area contributed by atoms with Crippen molar-refractivity contribution in [2.45, 2.75) is 43.8 Å². The van der Waals surface area contributed by atoms with E-state index in [0.29, 0.717) is 29.2 Å². The molecular formula is C25H28ClN5O4S. The third kappa shape index (κ3) is 4.84. The molecule has 9 nitrogen and oxygen atoms in total. The van der Waals surface area contributed by atoms with Crippen LogP contribution in [0.1, 0.15) is 46.9 Å². The summed E-state index contributed by atoms with van der Waals surface area (Å²) in [5.74, 6) is -1.03. The molecule has 2 saturated heterocycles. The van der Waals surface area contributed by atoms with E-state index in [0.717, 1.165) is 32.4 Å². The molecule has 0 atom stereocenters. The fourth-order valence-corrected chi connectivity index (χ4v) is 6.91. The number of carbonyl (C=O) groups excluding carboxylic acids is 1. The molecule has 2 aliphatic heterocycles. The van der Waals surface area contributed by atoms with Crippen molar-refractivity contribution in [1.29, 1.82) is 0 Å². The minimum atomic E-state index is -3.74. The van der Waals surface area contributed by atoms with Crippen molar-refractivity contribution < 1.29 is 17.7 Å². The maximum absolute atomic E-state index is 13.0. The van der Waals surface area contributed by atoms with Gasteiger partial charge in [-0.05, 0) is 73.9 Å². The molecule has 11 heteroatoms. The van der Waals surface area contributed by atoms with E-state index in [9.17, 15) is 13.2 Å². The third-order valence-corrected chi connectivity index (χ3v) is 9.49. The number of halogens is 1. The van der Waals surface area contributed by atoms with Crippen LogP contribution in [-0.2, 0) is 15.6 Å². The Hall–Kier alpha value is -2.98. The number of anilines is 1. The van der Waals surface area contributed by atoms with Crippen LogP contribution in [0, 0.1) is 19.3 Å². The number of hydrogen-bond donors (Lipinski definition) is 0. The third-order valence-electron chi connectivity index (χ3n) is 7.34. The van der Waals surface area contributed by atoms with Crippen LogP contribution in [0.15, 0.2) is 46.1 Å². The molecule has 5 rings (SSSR count). The summed E-state index contributed by atoms with van der Waals surface area (Å²) < 4.78 is 31.1. The Bertz CT molecular complexity index is 1380. The number of nitrogens with zero attached hydrogens (tertiary/aromatic N) is 5. The average molecular weight is 530 g/mol. The van der Waals surface area contributed by atoms with E-state index in [1.54, 1.807) is 30.9 Å². The predicted molar refractivity (Wildman–Crippen MR) is 135 cm³/mol. The molecule has 0 aliphatic carbocycles. The lowest BCUT2D eigenvalue weighted by Crippen LogP contribution is -2.44. The topological polar surface area (TPSA) is 110 Å². The van der Waals surface area contributed by atoms with Gasteiger partial charge in [0.15, 0.2) is 15.7 Å². The molecule has 4 heterocycles. The average Bonchev–Trinajstić information content (AvgIpc) is 3.49. The SMILES string of the molecule is Cc1cc(S(=O)(=O)Cc2noc(C(=O)N3CCC4(CC3)CCN(c3ccncc3)C4)n2)c(C)cc1Cl. The molecule has 1 amide bonds. The molecule has 0 N–H and O–H groups in total. The van der Waals surface area contributed by atoms with Crippen molar-refractivity contribution in [1.82, 2.24) is 20.0 Å². The number of sulfone groups is 1. The molecule has 2 fully saturated rings. The van der Waals surface area contributed by atoms with Gasteiger partial charge in [0.05, 0.1) is 4.90 Å². The number of likely N-dealkylation sites (tertiary alicyclic amines) is 1. The number of piperidine rings is 1. The summed E-state index contributed by atoms with van der Waals surface area (Å²) >= 11 is 6.10. The van der Waals surface area contributed by atoms with Crippen molar-refractivity contribution in [2.24, 2.45) is 5.41 Å². The first-order chi connectivity index (χ1) is 17.2. The van der Waals surface area contributed by atoms with Crippen LogP contribution < -0.4 is 4.90 Å². The van der Waals surface area contributed by atoms with Gasteiger partial charge in [-0.1, -0.05) is 16.8 Å². The van der Waals surface area contributed by atoms with Crippen LogP contribution in [0.5, 0.6) is 0 Å². The van der Waals surface area contributed by atoms with Crippen LogP contribution in [-0.4, -0.2) is 60.5 Å². The second-order valence-corrected chi connectivity index (χ2v) is 12.2. The van der Waals surface area contributed by atoms with Crippen molar-refractivity contribution in [3.8, 4) is 0 Å². The minimum absolute atomic E-state index is 0.0392. The molecule has 0 bridgehead atoms. The van der Waals surface area contributed by atoms with Crippen molar-refractivity contribution in [2.75, 3.05) is 31.1 Å². The van der Waals surface area contributed by atoms with E-state index in [4.69, 9.17) is 16.1 Å². The first-order valence-electron chi connectivity index (χ1n) is 11.9. The summed E-state index contributed by atoms with van der Waals surface area (Å²) in [5.41, 5.74) is 2.57. The maximum atomic E-state index is 13.0. The van der Waals surface area contributed by atoms with Gasteiger partial charge in [-0.25, -0.2) is 8.42 Å². The number of aromatic nitrogens is 3. The molecule has 3 aromatic rings. The highest BCUT2D eigenvalue weighted by Crippen LogP contribution is 2.42. The molecule has 2 aliphatic rings. The first-order valence-corrected chi connectivity index (χ1v) is 14.0. The summed E-state index contributed by atoms with van der Waals surface area (Å²) in [6, 6.07) is 7.22. The van der Waals surface area contributed by atoms with Gasteiger partial charge in [-0.2, -0.15) is 4.98 Å². The van der Waals surface area contributed by atoms with E-state index >= 15 is 0 Å². The van der Waals surface area contributed by atoms with Gasteiger partial charge < -0.3 is 14.3 Å². The van der Waals surface area contributed by atoms with Gasteiger partial charge in [0.1, 0.15) is 5.75 Å². The number of pyridine rings is 1. The fraction of sp³-hybridized carbons (Fsp3) is 0.440. The molecule has 1 aromatic carbocycles. The number of benzene rings is 1. The quantitative estimate of drug-likeness (QED) is 0.490. The number of aryl methyl sites for hydroxylation is 2. The second kappa shape index (κ2) is 9.48. The lowest BCUT2D eigenvalue weighted by atomic mass is 9.78. The molecule has 0 unspecified atom stereocenters. The zero-order valence-corrected chi connectivity index (χ0v) is 21.8. The minimum Gasteiger partial charge on any atom is -0.371 e. The molecule has 0 radical (unpaired) electrons. The van der Waals surface area contributed by atoms with E-state index < -0.39 is 15.6 Å². The molecule has 36 heavy (non-hydrogen) atoms. The lowest BCUT2D eigenvalue weighted by molar-refractivity contribution is 0.0563. The number of carbonyl (C=O) groups is 1. The molecular weight excluding hydrogens is 502 g/mol. The molecule has 2 aromatic heterocycles. The highest BCUT2D eigenvalue weighted by atomic mass is 35.5. The van der Waals surface area contributed by atoms with E-state index in [2.05, 4.69) is 20.0 Å². The van der Waals surface area contributed by atoms with E-state index in [1.807, 2.05) is 24.5 Å².